The number of hydrogen-bond donors (Lipinski definition) is 2. The Hall–Kier alpha value is 0.390. The molecule has 18 heteroatoms. The molecule has 0 saturated heterocycles. The first-order chi connectivity index (χ1) is 2.00. The minimum atomic E-state index is -4.67. The summed E-state index contributed by atoms with van der Waals surface area (Å²) in [6.07, 6.45) is 0. The summed E-state index contributed by atoms with van der Waals surface area (Å²) < 4.78 is 31.6. The molecular weight excluding hydrogens is 311 g/mol. The predicted octanol–water partition coefficient (Wildman–Crippen LogP) is -11.2. The fraction of sp³-hybridized carbons (Fsp3) is 0. The molecule has 0 heterocycles. The van der Waals surface area contributed by atoms with Gasteiger partial charge in [-0.15, -0.1) is 0 Å². The van der Waals surface area contributed by atoms with Gasteiger partial charge in [-0.3, -0.25) is 9.11 Å². The van der Waals surface area contributed by atoms with Gasteiger partial charge in [0.25, 0.3) is 0 Å². The monoisotopic (exact) mass is 338 g/mol. The van der Waals surface area contributed by atoms with Crippen LogP contribution in [0.25, 0.3) is 0 Å². The minimum absolute atomic E-state index is 0. The second kappa shape index (κ2) is 114. The van der Waals surface area contributed by atoms with Crippen LogP contribution in [0.1, 0.15) is 0 Å². The molecule has 0 amide bonds. The molecule has 0 aliphatic heterocycles. The van der Waals surface area contributed by atoms with Crippen LogP contribution in [-0.4, -0.2) is 113 Å². The normalized spacial score (nSPS) is 3.22. The fourth-order valence-electron chi connectivity index (χ4n) is 0. The molecule has 26 N–H and O–H groups in total. The van der Waals surface area contributed by atoms with E-state index in [4.69, 9.17) is 17.5 Å². The van der Waals surface area contributed by atoms with E-state index in [9.17, 15) is 0 Å². The second-order valence-electron chi connectivity index (χ2n) is 0.448. The molecule has 0 unspecified atom stereocenters. The van der Waals surface area contributed by atoms with Gasteiger partial charge in [0, 0.05) is 0 Å². The summed E-state index contributed by atoms with van der Waals surface area (Å²) in [6.45, 7) is 0. The van der Waals surface area contributed by atoms with E-state index in [1.165, 1.54) is 0 Å². The van der Waals surface area contributed by atoms with Crippen molar-refractivity contribution in [1.82, 2.24) is 0 Å². The Morgan fingerprint density at radius 1 is 0.444 bits per heavy atom. The standard InChI is InChI=1S/Na.H2O4S.12H2O.H/c;1-5(2,3)4;;;;;;;;;;;;;/h;(H2,1,2,3,4);12*1H2;. The van der Waals surface area contributed by atoms with Crippen LogP contribution in [0.5, 0.6) is 0 Å². The molecule has 0 fully saturated rings. The van der Waals surface area contributed by atoms with Gasteiger partial charge in [0.05, 0.1) is 0 Å². The van der Waals surface area contributed by atoms with Crippen molar-refractivity contribution < 1.29 is 83.2 Å². The summed E-state index contributed by atoms with van der Waals surface area (Å²) >= 11 is 0. The van der Waals surface area contributed by atoms with Crippen molar-refractivity contribution in [1.29, 1.82) is 0 Å². The van der Waals surface area contributed by atoms with Gasteiger partial charge in [-0.05, 0) is 0 Å². The Bertz CT molecular complexity index is 94.3. The van der Waals surface area contributed by atoms with E-state index >= 15 is 0 Å². The predicted molar refractivity (Wildman–Crippen MR) is 64.7 cm³/mol. The van der Waals surface area contributed by atoms with Crippen molar-refractivity contribution in [2.45, 2.75) is 0 Å². The molecule has 16 nitrogen and oxygen atoms in total. The molecule has 0 radical (unpaired) electrons. The Morgan fingerprint density at radius 2 is 0.444 bits per heavy atom. The van der Waals surface area contributed by atoms with Gasteiger partial charge in [-0.2, -0.15) is 8.42 Å². The van der Waals surface area contributed by atoms with E-state index in [0.717, 1.165) is 0 Å². The van der Waals surface area contributed by atoms with E-state index in [0.29, 0.717) is 0 Å². The summed E-state index contributed by atoms with van der Waals surface area (Å²) in [5.74, 6) is 0. The molecule has 0 aromatic carbocycles. The fourth-order valence-corrected chi connectivity index (χ4v) is 0. The third-order valence-corrected chi connectivity index (χ3v) is 0. The Morgan fingerprint density at radius 3 is 0.444 bits per heavy atom. The van der Waals surface area contributed by atoms with Gasteiger partial charge in [0.2, 0.25) is 0 Å². The van der Waals surface area contributed by atoms with E-state index in [2.05, 4.69) is 0 Å². The topological polar surface area (TPSA) is 453 Å². The first kappa shape index (κ1) is 289. The van der Waals surface area contributed by atoms with Crippen LogP contribution >= 0.6 is 0 Å². The van der Waals surface area contributed by atoms with Crippen LogP contribution in [0.4, 0.5) is 0 Å². The van der Waals surface area contributed by atoms with Crippen LogP contribution in [0, 0.1) is 0 Å². The summed E-state index contributed by atoms with van der Waals surface area (Å²) in [4.78, 5) is 0. The van der Waals surface area contributed by atoms with Gasteiger partial charge in [0.15, 0.2) is 0 Å². The Kier molecular flexibility index (Phi) is 1830. The zero-order chi connectivity index (χ0) is 4.50. The van der Waals surface area contributed by atoms with Crippen LogP contribution in [0.3, 0.4) is 0 Å². The molecule has 130 valence electrons. The van der Waals surface area contributed by atoms with Crippen molar-refractivity contribution in [3.63, 3.8) is 0 Å². The van der Waals surface area contributed by atoms with E-state index in [1.807, 2.05) is 0 Å². The molecule has 0 aliphatic rings. The van der Waals surface area contributed by atoms with Gasteiger partial charge < -0.3 is 65.7 Å². The third-order valence-electron chi connectivity index (χ3n) is 0. The van der Waals surface area contributed by atoms with Crippen LogP contribution in [0.2, 0.25) is 0 Å². The first-order valence-corrected chi connectivity index (χ1v) is 2.10. The quantitative estimate of drug-likeness (QED) is 0.320. The van der Waals surface area contributed by atoms with Crippen LogP contribution in [-0.2, 0) is 10.4 Å². The molecule has 0 saturated carbocycles. The zero-order valence-electron chi connectivity index (χ0n) is 8.12. The molecule has 0 aromatic heterocycles. The van der Waals surface area contributed by atoms with Crippen molar-refractivity contribution >= 4 is 40.0 Å². The molecule has 0 bridgehead atoms. The molecule has 0 rings (SSSR count). The molecule has 0 aromatic rings. The number of hydrogen-bond acceptors (Lipinski definition) is 2. The second-order valence-corrected chi connectivity index (χ2v) is 1.34. The maximum absolute atomic E-state index is 8.74. The van der Waals surface area contributed by atoms with Crippen LogP contribution < -0.4 is 0 Å². The first-order valence-electron chi connectivity index (χ1n) is 0.698. The maximum atomic E-state index is 8.74. The molecule has 0 atom stereocenters. The van der Waals surface area contributed by atoms with Crippen molar-refractivity contribution in [3.8, 4) is 0 Å². The van der Waals surface area contributed by atoms with Crippen LogP contribution in [0.15, 0.2) is 0 Å². The van der Waals surface area contributed by atoms with E-state index < -0.39 is 10.4 Å². The zero-order valence-corrected chi connectivity index (χ0v) is 8.94. The average molecular weight is 338 g/mol. The Balaban J connectivity index is -0.00000000103. The number of rotatable bonds is 0. The van der Waals surface area contributed by atoms with Gasteiger partial charge in [-0.1, -0.05) is 0 Å². The summed E-state index contributed by atoms with van der Waals surface area (Å²) in [5.41, 5.74) is 0. The third kappa shape index (κ3) is 25500. The molecule has 18 heavy (non-hydrogen) atoms. The molecular formula is H27NaO16S. The van der Waals surface area contributed by atoms with E-state index in [-0.39, 0.29) is 95.3 Å². The summed E-state index contributed by atoms with van der Waals surface area (Å²) in [5, 5.41) is 0. The van der Waals surface area contributed by atoms with Gasteiger partial charge in [0.1, 0.15) is 0 Å². The summed E-state index contributed by atoms with van der Waals surface area (Å²) in [7, 11) is -4.67. The van der Waals surface area contributed by atoms with E-state index in [1.54, 1.807) is 0 Å². The SMILES string of the molecule is O.O.O.O.O.O.O.O.O.O.O.O.O=S(=O)(O)O.[NaH]. The molecule has 0 aliphatic carbocycles. The van der Waals surface area contributed by atoms with Crippen molar-refractivity contribution in [2.75, 3.05) is 0 Å². The molecule has 0 spiro atoms. The van der Waals surface area contributed by atoms with Crippen molar-refractivity contribution in [2.24, 2.45) is 0 Å². The summed E-state index contributed by atoms with van der Waals surface area (Å²) in [6, 6.07) is 0. The van der Waals surface area contributed by atoms with Gasteiger partial charge >= 0.3 is 40.0 Å². The Labute approximate surface area is 123 Å². The van der Waals surface area contributed by atoms with Gasteiger partial charge in [-0.25, -0.2) is 0 Å². The average Bonchev–Trinajstić information content (AvgIpc) is 0.722. The van der Waals surface area contributed by atoms with Crippen molar-refractivity contribution in [3.05, 3.63) is 0 Å².